The summed E-state index contributed by atoms with van der Waals surface area (Å²) in [5.41, 5.74) is 3.59. The lowest BCUT2D eigenvalue weighted by Gasteiger charge is -2.52. The highest BCUT2D eigenvalue weighted by molar-refractivity contribution is 6.32. The molecule has 30 heavy (non-hydrogen) atoms. The SMILES string of the molecule is C[C@H](CN1CC[C@]2(C)[C@@H]1Cc1c(ccc(Cl)c1O)C2(C)C)OCc1ccccc1.Cl. The summed E-state index contributed by atoms with van der Waals surface area (Å²) in [7, 11) is 0. The third-order valence-corrected chi connectivity index (χ3v) is 8.00. The smallest absolute Gasteiger partial charge is 0.137 e. The predicted molar refractivity (Wildman–Crippen MR) is 126 cm³/mol. The molecule has 0 radical (unpaired) electrons. The number of halogens is 2. The third kappa shape index (κ3) is 3.86. The minimum Gasteiger partial charge on any atom is -0.506 e. The van der Waals surface area contributed by atoms with Crippen molar-refractivity contribution in [2.24, 2.45) is 5.41 Å². The predicted octanol–water partition coefficient (Wildman–Crippen LogP) is 5.99. The topological polar surface area (TPSA) is 32.7 Å². The van der Waals surface area contributed by atoms with Gasteiger partial charge in [0.2, 0.25) is 0 Å². The van der Waals surface area contributed by atoms with Crippen LogP contribution in [0.4, 0.5) is 0 Å². The van der Waals surface area contributed by atoms with E-state index < -0.39 is 0 Å². The lowest BCUT2D eigenvalue weighted by molar-refractivity contribution is 0.00734. The molecule has 1 N–H and O–H groups in total. The summed E-state index contributed by atoms with van der Waals surface area (Å²) in [5, 5.41) is 11.1. The van der Waals surface area contributed by atoms with Gasteiger partial charge in [-0.2, -0.15) is 0 Å². The zero-order valence-corrected chi connectivity index (χ0v) is 19.9. The van der Waals surface area contributed by atoms with Crippen LogP contribution in [0.5, 0.6) is 5.75 Å². The molecule has 3 atom stereocenters. The minimum atomic E-state index is -0.0315. The Morgan fingerprint density at radius 3 is 2.57 bits per heavy atom. The highest BCUT2D eigenvalue weighted by Crippen LogP contribution is 2.58. The van der Waals surface area contributed by atoms with Crippen LogP contribution in [0.15, 0.2) is 42.5 Å². The molecule has 5 heteroatoms. The maximum Gasteiger partial charge on any atom is 0.137 e. The lowest BCUT2D eigenvalue weighted by atomic mass is 9.54. The number of fused-ring (bicyclic) bond motifs is 2. The molecule has 2 aromatic rings. The second kappa shape index (κ2) is 8.70. The monoisotopic (exact) mass is 449 g/mol. The number of aromatic hydroxyl groups is 1. The van der Waals surface area contributed by atoms with Crippen molar-refractivity contribution in [1.29, 1.82) is 0 Å². The average Bonchev–Trinajstić information content (AvgIpc) is 3.02. The molecule has 1 aliphatic heterocycles. The fraction of sp³-hybridized carbons (Fsp3) is 0.520. The fourth-order valence-electron chi connectivity index (χ4n) is 5.50. The van der Waals surface area contributed by atoms with E-state index >= 15 is 0 Å². The number of phenolic OH excluding ortho intramolecular Hbond substituents is 1. The molecular weight excluding hydrogens is 417 g/mol. The van der Waals surface area contributed by atoms with E-state index in [4.69, 9.17) is 16.3 Å². The van der Waals surface area contributed by atoms with Crippen molar-refractivity contribution in [1.82, 2.24) is 4.90 Å². The molecule has 2 aliphatic rings. The third-order valence-electron chi connectivity index (χ3n) is 7.70. The van der Waals surface area contributed by atoms with Crippen LogP contribution in [0, 0.1) is 5.41 Å². The Hall–Kier alpha value is -1.26. The Labute approximate surface area is 191 Å². The molecule has 1 aliphatic carbocycles. The van der Waals surface area contributed by atoms with Crippen molar-refractivity contribution in [2.75, 3.05) is 13.1 Å². The van der Waals surface area contributed by atoms with E-state index in [0.29, 0.717) is 17.7 Å². The first-order valence-electron chi connectivity index (χ1n) is 10.6. The summed E-state index contributed by atoms with van der Waals surface area (Å²) in [6.07, 6.45) is 2.14. The van der Waals surface area contributed by atoms with Gasteiger partial charge in [-0.1, -0.05) is 68.8 Å². The molecule has 1 heterocycles. The summed E-state index contributed by atoms with van der Waals surface area (Å²) in [6, 6.07) is 14.7. The number of hydrogen-bond acceptors (Lipinski definition) is 3. The summed E-state index contributed by atoms with van der Waals surface area (Å²) in [6.45, 7) is 11.8. The molecule has 4 rings (SSSR count). The van der Waals surface area contributed by atoms with E-state index in [1.54, 1.807) is 0 Å². The molecule has 0 bridgehead atoms. The average molecular weight is 450 g/mol. The van der Waals surface area contributed by atoms with Gasteiger partial charge in [0, 0.05) is 18.2 Å². The first-order valence-corrected chi connectivity index (χ1v) is 11.0. The van der Waals surface area contributed by atoms with Gasteiger partial charge in [-0.15, -0.1) is 12.4 Å². The van der Waals surface area contributed by atoms with Crippen LogP contribution in [-0.4, -0.2) is 35.2 Å². The Bertz CT molecular complexity index is 886. The maximum absolute atomic E-state index is 10.7. The molecule has 0 saturated carbocycles. The van der Waals surface area contributed by atoms with Gasteiger partial charge in [0.05, 0.1) is 17.7 Å². The Morgan fingerprint density at radius 2 is 1.87 bits per heavy atom. The van der Waals surface area contributed by atoms with Crippen molar-refractivity contribution >= 4 is 24.0 Å². The first-order chi connectivity index (χ1) is 13.7. The van der Waals surface area contributed by atoms with E-state index in [-0.39, 0.29) is 35.1 Å². The van der Waals surface area contributed by atoms with E-state index in [1.165, 1.54) is 11.1 Å². The van der Waals surface area contributed by atoms with Gasteiger partial charge in [0.15, 0.2) is 0 Å². The molecule has 164 valence electrons. The van der Waals surface area contributed by atoms with Crippen LogP contribution in [0.1, 0.15) is 50.8 Å². The summed E-state index contributed by atoms with van der Waals surface area (Å²) in [5.74, 6) is 0.263. The molecular formula is C25H33Cl2NO2. The van der Waals surface area contributed by atoms with Crippen LogP contribution in [0.25, 0.3) is 0 Å². The number of phenols is 1. The van der Waals surface area contributed by atoms with E-state index in [9.17, 15) is 5.11 Å². The molecule has 1 saturated heterocycles. The van der Waals surface area contributed by atoms with E-state index in [0.717, 1.165) is 31.5 Å². The standard InChI is InChI=1S/C25H32ClNO2.ClH/c1-17(29-16-18-8-6-5-7-9-18)15-27-13-12-25(4)22(27)14-19-20(24(25,2)3)10-11-21(26)23(19)28;/h5-11,17,22,28H,12-16H2,1-4H3;1H/t17-,22+,25-;/m1./s1. The van der Waals surface area contributed by atoms with Crippen molar-refractivity contribution < 1.29 is 9.84 Å². The minimum absolute atomic E-state index is 0. The van der Waals surface area contributed by atoms with Crippen LogP contribution in [0.2, 0.25) is 5.02 Å². The van der Waals surface area contributed by atoms with Gasteiger partial charge in [-0.25, -0.2) is 0 Å². The zero-order chi connectivity index (χ0) is 20.8. The summed E-state index contributed by atoms with van der Waals surface area (Å²) < 4.78 is 6.15. The van der Waals surface area contributed by atoms with Gasteiger partial charge in [-0.05, 0) is 54.3 Å². The van der Waals surface area contributed by atoms with Gasteiger partial charge in [-0.3, -0.25) is 4.90 Å². The Kier molecular flexibility index (Phi) is 6.79. The molecule has 1 fully saturated rings. The van der Waals surface area contributed by atoms with Crippen molar-refractivity contribution in [3.05, 3.63) is 64.2 Å². The van der Waals surface area contributed by atoms with Gasteiger partial charge in [0.1, 0.15) is 5.75 Å². The largest absolute Gasteiger partial charge is 0.506 e. The van der Waals surface area contributed by atoms with Crippen LogP contribution >= 0.6 is 24.0 Å². The molecule has 0 amide bonds. The number of hydrogen-bond donors (Lipinski definition) is 1. The number of ether oxygens (including phenoxy) is 1. The fourth-order valence-corrected chi connectivity index (χ4v) is 5.68. The molecule has 3 nitrogen and oxygen atoms in total. The number of rotatable bonds is 5. The second-order valence-corrected chi connectivity index (χ2v) is 9.94. The zero-order valence-electron chi connectivity index (χ0n) is 18.3. The van der Waals surface area contributed by atoms with Crippen molar-refractivity contribution in [2.45, 2.75) is 64.7 Å². The van der Waals surface area contributed by atoms with Crippen LogP contribution < -0.4 is 0 Å². The van der Waals surface area contributed by atoms with Gasteiger partial charge >= 0.3 is 0 Å². The summed E-state index contributed by atoms with van der Waals surface area (Å²) >= 11 is 6.25. The second-order valence-electron chi connectivity index (χ2n) is 9.54. The van der Waals surface area contributed by atoms with Crippen molar-refractivity contribution in [3.63, 3.8) is 0 Å². The normalized spacial score (nSPS) is 25.8. The number of likely N-dealkylation sites (tertiary alicyclic amines) is 1. The number of benzene rings is 2. The van der Waals surface area contributed by atoms with E-state index in [1.807, 2.05) is 12.1 Å². The van der Waals surface area contributed by atoms with E-state index in [2.05, 4.69) is 62.9 Å². The molecule has 0 aromatic heterocycles. The maximum atomic E-state index is 10.7. The number of nitrogens with zero attached hydrogens (tertiary/aromatic N) is 1. The molecule has 0 unspecified atom stereocenters. The van der Waals surface area contributed by atoms with Crippen LogP contribution in [-0.2, 0) is 23.2 Å². The highest BCUT2D eigenvalue weighted by atomic mass is 35.5. The first kappa shape index (κ1) is 23.4. The molecule has 0 spiro atoms. The Morgan fingerprint density at radius 1 is 1.17 bits per heavy atom. The van der Waals surface area contributed by atoms with Gasteiger partial charge in [0.25, 0.3) is 0 Å². The Balaban J connectivity index is 0.00000256. The van der Waals surface area contributed by atoms with Gasteiger partial charge < -0.3 is 9.84 Å². The van der Waals surface area contributed by atoms with Crippen LogP contribution in [0.3, 0.4) is 0 Å². The molecule has 2 aromatic carbocycles. The highest BCUT2D eigenvalue weighted by Gasteiger charge is 2.57. The van der Waals surface area contributed by atoms with Crippen molar-refractivity contribution in [3.8, 4) is 5.75 Å². The lowest BCUT2D eigenvalue weighted by Crippen LogP contribution is -2.54. The summed E-state index contributed by atoms with van der Waals surface area (Å²) in [4.78, 5) is 2.57. The quantitative estimate of drug-likeness (QED) is 0.608.